The first-order valence-electron chi connectivity index (χ1n) is 6.17. The predicted molar refractivity (Wildman–Crippen MR) is 84.5 cm³/mol. The number of nitrogens with one attached hydrogen (secondary N) is 1. The minimum absolute atomic E-state index is 0.0559. The molecule has 102 valence electrons. The fraction of sp³-hybridized carbons (Fsp3) is 0.429. The summed E-state index contributed by atoms with van der Waals surface area (Å²) in [5.41, 5.74) is 2.29. The van der Waals surface area contributed by atoms with Gasteiger partial charge in [0, 0.05) is 39.3 Å². The Morgan fingerprint density at radius 2 is 2.05 bits per heavy atom. The van der Waals surface area contributed by atoms with Crippen LogP contribution in [0.3, 0.4) is 0 Å². The summed E-state index contributed by atoms with van der Waals surface area (Å²) >= 11 is 5.20. The quantitative estimate of drug-likeness (QED) is 0.918. The summed E-state index contributed by atoms with van der Waals surface area (Å²) in [5.74, 6) is 0. The molecule has 0 aromatic carbocycles. The van der Waals surface area contributed by atoms with Gasteiger partial charge in [-0.05, 0) is 29.0 Å². The Kier molecular flexibility index (Phi) is 4.38. The second kappa shape index (κ2) is 5.69. The first kappa shape index (κ1) is 14.6. The zero-order chi connectivity index (χ0) is 14.0. The van der Waals surface area contributed by atoms with E-state index >= 15 is 0 Å². The van der Waals surface area contributed by atoms with Crippen molar-refractivity contribution in [3.8, 4) is 10.6 Å². The van der Waals surface area contributed by atoms with Gasteiger partial charge < -0.3 is 5.32 Å². The lowest BCUT2D eigenvalue weighted by Crippen LogP contribution is -2.16. The molecule has 2 aromatic heterocycles. The molecule has 19 heavy (non-hydrogen) atoms. The highest BCUT2D eigenvalue weighted by molar-refractivity contribution is 9.10. The number of nitrogens with zero attached hydrogens (tertiary/aromatic N) is 2. The molecule has 0 fully saturated rings. The van der Waals surface area contributed by atoms with Crippen LogP contribution in [0.2, 0.25) is 0 Å². The SMILES string of the molecule is CNCc1sc(-c2cncc(Br)c2)nc1C(C)(C)C. The molecule has 2 heterocycles. The summed E-state index contributed by atoms with van der Waals surface area (Å²) in [6.07, 6.45) is 3.65. The van der Waals surface area contributed by atoms with Crippen LogP contribution in [0.1, 0.15) is 31.3 Å². The monoisotopic (exact) mass is 339 g/mol. The van der Waals surface area contributed by atoms with E-state index in [-0.39, 0.29) is 5.41 Å². The van der Waals surface area contributed by atoms with Crippen LogP contribution in [0.4, 0.5) is 0 Å². The summed E-state index contributed by atoms with van der Waals surface area (Å²) in [7, 11) is 1.96. The van der Waals surface area contributed by atoms with Crippen LogP contribution in [0, 0.1) is 0 Å². The van der Waals surface area contributed by atoms with Crippen LogP contribution in [-0.2, 0) is 12.0 Å². The summed E-state index contributed by atoms with van der Waals surface area (Å²) in [5, 5.41) is 4.25. The van der Waals surface area contributed by atoms with E-state index in [1.165, 1.54) is 10.6 Å². The topological polar surface area (TPSA) is 37.8 Å². The lowest BCUT2D eigenvalue weighted by Gasteiger charge is -2.17. The first-order valence-corrected chi connectivity index (χ1v) is 7.78. The van der Waals surface area contributed by atoms with Crippen molar-refractivity contribution in [3.63, 3.8) is 0 Å². The van der Waals surface area contributed by atoms with Gasteiger partial charge in [0.05, 0.1) is 5.69 Å². The molecule has 3 nitrogen and oxygen atoms in total. The lowest BCUT2D eigenvalue weighted by atomic mass is 9.91. The largest absolute Gasteiger partial charge is 0.315 e. The maximum absolute atomic E-state index is 4.83. The van der Waals surface area contributed by atoms with Crippen LogP contribution in [-0.4, -0.2) is 17.0 Å². The van der Waals surface area contributed by atoms with Gasteiger partial charge in [0.1, 0.15) is 5.01 Å². The van der Waals surface area contributed by atoms with Crippen molar-refractivity contribution in [3.05, 3.63) is 33.5 Å². The molecule has 0 unspecified atom stereocenters. The molecule has 2 rings (SSSR count). The fourth-order valence-corrected chi connectivity index (χ4v) is 3.50. The maximum atomic E-state index is 4.83. The Hall–Kier alpha value is -0.780. The third-order valence-electron chi connectivity index (χ3n) is 2.70. The summed E-state index contributed by atoms with van der Waals surface area (Å²) in [4.78, 5) is 10.3. The summed E-state index contributed by atoms with van der Waals surface area (Å²) < 4.78 is 0.979. The number of rotatable bonds is 3. The lowest BCUT2D eigenvalue weighted by molar-refractivity contribution is 0.563. The maximum Gasteiger partial charge on any atom is 0.125 e. The highest BCUT2D eigenvalue weighted by Crippen LogP contribution is 2.34. The standard InChI is InChI=1S/C14H18BrN3S/c1-14(2,3)12-11(8-16-4)19-13(18-12)9-5-10(15)7-17-6-9/h5-7,16H,8H2,1-4H3. The van der Waals surface area contributed by atoms with Crippen molar-refractivity contribution in [1.82, 2.24) is 15.3 Å². The van der Waals surface area contributed by atoms with Crippen LogP contribution in [0.5, 0.6) is 0 Å². The van der Waals surface area contributed by atoms with Gasteiger partial charge in [-0.3, -0.25) is 4.98 Å². The van der Waals surface area contributed by atoms with Crippen molar-refractivity contribution >= 4 is 27.3 Å². The zero-order valence-electron chi connectivity index (χ0n) is 11.6. The molecule has 5 heteroatoms. The van der Waals surface area contributed by atoms with Crippen LogP contribution < -0.4 is 5.32 Å². The van der Waals surface area contributed by atoms with Gasteiger partial charge in [0.25, 0.3) is 0 Å². The summed E-state index contributed by atoms with van der Waals surface area (Å²) in [6, 6.07) is 2.06. The molecule has 0 saturated carbocycles. The van der Waals surface area contributed by atoms with E-state index in [1.54, 1.807) is 17.5 Å². The van der Waals surface area contributed by atoms with E-state index in [2.05, 4.69) is 53.1 Å². The highest BCUT2D eigenvalue weighted by Gasteiger charge is 2.23. The number of aromatic nitrogens is 2. The Labute approximate surface area is 126 Å². The fourth-order valence-electron chi connectivity index (χ4n) is 1.87. The number of hydrogen-bond acceptors (Lipinski definition) is 4. The van der Waals surface area contributed by atoms with Crippen LogP contribution in [0.15, 0.2) is 22.9 Å². The molecule has 0 bridgehead atoms. The Bertz CT molecular complexity index is 572. The highest BCUT2D eigenvalue weighted by atomic mass is 79.9. The molecule has 0 aliphatic carbocycles. The Balaban J connectivity index is 2.48. The molecule has 1 N–H and O–H groups in total. The van der Waals surface area contributed by atoms with Crippen LogP contribution >= 0.6 is 27.3 Å². The van der Waals surface area contributed by atoms with Crippen molar-refractivity contribution in [2.75, 3.05) is 7.05 Å². The van der Waals surface area contributed by atoms with Crippen molar-refractivity contribution in [2.45, 2.75) is 32.7 Å². The molecule has 0 atom stereocenters. The van der Waals surface area contributed by atoms with E-state index in [0.717, 1.165) is 21.6 Å². The van der Waals surface area contributed by atoms with E-state index in [4.69, 9.17) is 4.98 Å². The van der Waals surface area contributed by atoms with E-state index in [9.17, 15) is 0 Å². The van der Waals surface area contributed by atoms with Gasteiger partial charge in [-0.2, -0.15) is 0 Å². The molecular weight excluding hydrogens is 322 g/mol. The third kappa shape index (κ3) is 3.41. The number of hydrogen-bond donors (Lipinski definition) is 1. The van der Waals surface area contributed by atoms with Crippen LogP contribution in [0.25, 0.3) is 10.6 Å². The van der Waals surface area contributed by atoms with E-state index in [0.29, 0.717) is 0 Å². The zero-order valence-corrected chi connectivity index (χ0v) is 14.0. The normalized spacial score (nSPS) is 11.8. The molecule has 0 aliphatic heterocycles. The van der Waals surface area contributed by atoms with Gasteiger partial charge >= 0.3 is 0 Å². The Morgan fingerprint density at radius 3 is 2.63 bits per heavy atom. The molecule has 0 saturated heterocycles. The molecule has 0 spiro atoms. The Morgan fingerprint density at radius 1 is 1.32 bits per heavy atom. The van der Waals surface area contributed by atoms with Crippen molar-refractivity contribution in [2.24, 2.45) is 0 Å². The summed E-state index contributed by atoms with van der Waals surface area (Å²) in [6.45, 7) is 7.45. The number of pyridine rings is 1. The van der Waals surface area contributed by atoms with Gasteiger partial charge in [-0.25, -0.2) is 4.98 Å². The minimum atomic E-state index is 0.0559. The van der Waals surface area contributed by atoms with E-state index in [1.807, 2.05) is 13.2 Å². The number of thiazole rings is 1. The van der Waals surface area contributed by atoms with Gasteiger partial charge in [-0.15, -0.1) is 11.3 Å². The minimum Gasteiger partial charge on any atom is -0.315 e. The second-order valence-corrected chi connectivity index (χ2v) is 7.46. The van der Waals surface area contributed by atoms with E-state index < -0.39 is 0 Å². The molecule has 0 amide bonds. The molecule has 2 aromatic rings. The molecule has 0 radical (unpaired) electrons. The van der Waals surface area contributed by atoms with Gasteiger partial charge in [0.2, 0.25) is 0 Å². The average Bonchev–Trinajstić information content (AvgIpc) is 2.73. The third-order valence-corrected chi connectivity index (χ3v) is 4.24. The van der Waals surface area contributed by atoms with Gasteiger partial charge in [0.15, 0.2) is 0 Å². The first-order chi connectivity index (χ1) is 8.91. The van der Waals surface area contributed by atoms with Crippen molar-refractivity contribution < 1.29 is 0 Å². The predicted octanol–water partition coefficient (Wildman–Crippen LogP) is 3.98. The van der Waals surface area contributed by atoms with Gasteiger partial charge in [-0.1, -0.05) is 20.8 Å². The molecular formula is C14H18BrN3S. The number of halogens is 1. The molecule has 0 aliphatic rings. The van der Waals surface area contributed by atoms with Crippen molar-refractivity contribution in [1.29, 1.82) is 0 Å². The second-order valence-electron chi connectivity index (χ2n) is 5.46. The smallest absolute Gasteiger partial charge is 0.125 e. The average molecular weight is 340 g/mol.